The van der Waals surface area contributed by atoms with Crippen LogP contribution in [0.4, 0.5) is 14.5 Å². The third kappa shape index (κ3) is 1.67. The molecule has 0 spiro atoms. The number of nitrogens with zero attached hydrogens (tertiary/aromatic N) is 1. The quantitative estimate of drug-likeness (QED) is 0.722. The van der Waals surface area contributed by atoms with Crippen molar-refractivity contribution in [1.29, 1.82) is 0 Å². The number of ketones is 1. The van der Waals surface area contributed by atoms with E-state index in [9.17, 15) is 18.7 Å². The van der Waals surface area contributed by atoms with Gasteiger partial charge in [-0.15, -0.1) is 0 Å². The number of carbonyl (C=O) groups excluding carboxylic acids is 1. The Labute approximate surface area is 122 Å². The molecule has 22 heavy (non-hydrogen) atoms. The van der Waals surface area contributed by atoms with E-state index in [2.05, 4.69) is 9.98 Å². The maximum Gasteiger partial charge on any atom is 0.215 e. The molecule has 6 heteroatoms. The van der Waals surface area contributed by atoms with Crippen molar-refractivity contribution in [2.75, 3.05) is 0 Å². The highest BCUT2D eigenvalue weighted by atomic mass is 19.1. The van der Waals surface area contributed by atoms with Gasteiger partial charge in [0.15, 0.2) is 5.75 Å². The summed E-state index contributed by atoms with van der Waals surface area (Å²) in [4.78, 5) is 19.3. The average molecular weight is 298 g/mol. The number of nitrogens with one attached hydrogen (secondary N) is 1. The van der Waals surface area contributed by atoms with Crippen LogP contribution in [0, 0.1) is 11.6 Å². The molecule has 4 nitrogen and oxygen atoms in total. The normalized spacial score (nSPS) is 13.5. The van der Waals surface area contributed by atoms with Gasteiger partial charge in [-0.05, 0) is 36.4 Å². The van der Waals surface area contributed by atoms with Crippen LogP contribution in [0.5, 0.6) is 5.75 Å². The van der Waals surface area contributed by atoms with E-state index in [0.717, 1.165) is 12.1 Å². The molecule has 1 aromatic heterocycles. The summed E-state index contributed by atoms with van der Waals surface area (Å²) < 4.78 is 26.5. The second-order valence-corrected chi connectivity index (χ2v) is 4.99. The van der Waals surface area contributed by atoms with Crippen molar-refractivity contribution >= 4 is 28.1 Å². The van der Waals surface area contributed by atoms with E-state index in [1.807, 2.05) is 0 Å². The van der Waals surface area contributed by atoms with Crippen LogP contribution in [0.2, 0.25) is 0 Å². The Balaban J connectivity index is 1.91. The van der Waals surface area contributed by atoms with Crippen molar-refractivity contribution in [1.82, 2.24) is 4.98 Å². The first kappa shape index (κ1) is 12.7. The van der Waals surface area contributed by atoms with Crippen LogP contribution in [0.3, 0.4) is 0 Å². The maximum atomic E-state index is 13.3. The molecule has 3 aromatic rings. The minimum Gasteiger partial charge on any atom is -0.505 e. The molecule has 0 unspecified atom stereocenters. The van der Waals surface area contributed by atoms with Gasteiger partial charge in [0.25, 0.3) is 0 Å². The number of aliphatic imine (C=N–C) groups is 1. The molecule has 1 aliphatic heterocycles. The lowest BCUT2D eigenvalue weighted by Gasteiger charge is -1.97. The minimum absolute atomic E-state index is 0.0188. The highest BCUT2D eigenvalue weighted by Crippen LogP contribution is 2.35. The van der Waals surface area contributed by atoms with Crippen LogP contribution in [0.1, 0.15) is 16.1 Å². The number of H-pyrrole nitrogens is 1. The monoisotopic (exact) mass is 298 g/mol. The maximum absolute atomic E-state index is 13.3. The molecule has 0 bridgehead atoms. The first-order chi connectivity index (χ1) is 10.5. The van der Waals surface area contributed by atoms with Crippen LogP contribution in [-0.4, -0.2) is 21.6 Å². The van der Waals surface area contributed by atoms with E-state index in [0.29, 0.717) is 11.2 Å². The standard InChI is InChI=1S/C16H8F2N2O2/c17-7-1-3-11-9(5-7)15(21)13(19-11)14-16(22)10-6-8(18)2-4-12(10)20-14/h1-6,19,21H. The summed E-state index contributed by atoms with van der Waals surface area (Å²) in [5, 5.41) is 10.5. The van der Waals surface area contributed by atoms with Crippen LogP contribution >= 0.6 is 0 Å². The fraction of sp³-hybridized carbons (Fsp3) is 0. The van der Waals surface area contributed by atoms with Crippen molar-refractivity contribution in [3.05, 3.63) is 59.3 Å². The lowest BCUT2D eigenvalue weighted by atomic mass is 10.1. The number of aromatic nitrogens is 1. The number of benzene rings is 2. The molecule has 0 saturated heterocycles. The molecular formula is C16H8F2N2O2. The first-order valence-corrected chi connectivity index (χ1v) is 6.48. The Morgan fingerprint density at radius 1 is 1.05 bits per heavy atom. The number of fused-ring (bicyclic) bond motifs is 2. The Hall–Kier alpha value is -3.02. The fourth-order valence-electron chi connectivity index (χ4n) is 2.58. The molecule has 0 atom stereocenters. The Morgan fingerprint density at radius 2 is 1.77 bits per heavy atom. The Bertz CT molecular complexity index is 989. The molecule has 0 fully saturated rings. The van der Waals surface area contributed by atoms with Gasteiger partial charge in [0, 0.05) is 10.9 Å². The van der Waals surface area contributed by atoms with Crippen LogP contribution in [0.25, 0.3) is 10.9 Å². The number of carbonyl (C=O) groups is 1. The van der Waals surface area contributed by atoms with E-state index in [4.69, 9.17) is 0 Å². The van der Waals surface area contributed by atoms with Gasteiger partial charge in [0.1, 0.15) is 23.0 Å². The summed E-state index contributed by atoms with van der Waals surface area (Å²) in [6.45, 7) is 0. The van der Waals surface area contributed by atoms with Gasteiger partial charge in [-0.3, -0.25) is 4.79 Å². The molecule has 0 aliphatic carbocycles. The van der Waals surface area contributed by atoms with Crippen LogP contribution < -0.4 is 0 Å². The summed E-state index contributed by atoms with van der Waals surface area (Å²) in [6, 6.07) is 7.57. The minimum atomic E-state index is -0.536. The Kier molecular flexibility index (Phi) is 2.45. The number of rotatable bonds is 1. The van der Waals surface area contributed by atoms with Crippen LogP contribution in [0.15, 0.2) is 41.4 Å². The van der Waals surface area contributed by atoms with Gasteiger partial charge in [-0.2, -0.15) is 0 Å². The van der Waals surface area contributed by atoms with Crippen molar-refractivity contribution in [3.63, 3.8) is 0 Å². The van der Waals surface area contributed by atoms with Gasteiger partial charge < -0.3 is 10.1 Å². The summed E-state index contributed by atoms with van der Waals surface area (Å²) in [5.41, 5.74) is 1.04. The fourth-order valence-corrected chi connectivity index (χ4v) is 2.58. The smallest absolute Gasteiger partial charge is 0.215 e. The van der Waals surface area contributed by atoms with E-state index in [1.54, 1.807) is 0 Å². The molecule has 0 saturated carbocycles. The summed E-state index contributed by atoms with van der Waals surface area (Å²) in [6.07, 6.45) is 0. The largest absolute Gasteiger partial charge is 0.505 e. The van der Waals surface area contributed by atoms with Gasteiger partial charge in [-0.25, -0.2) is 13.8 Å². The molecule has 2 N–H and O–H groups in total. The number of halogens is 2. The lowest BCUT2D eigenvalue weighted by Crippen LogP contribution is -2.11. The van der Waals surface area contributed by atoms with E-state index < -0.39 is 17.4 Å². The number of aromatic amines is 1. The molecule has 2 aromatic carbocycles. The molecular weight excluding hydrogens is 290 g/mol. The predicted molar refractivity (Wildman–Crippen MR) is 76.8 cm³/mol. The zero-order chi connectivity index (χ0) is 15.4. The van der Waals surface area contributed by atoms with Crippen molar-refractivity contribution in [2.45, 2.75) is 0 Å². The van der Waals surface area contributed by atoms with Gasteiger partial charge in [0.05, 0.1) is 11.3 Å². The summed E-state index contributed by atoms with van der Waals surface area (Å²) in [5.74, 6) is -1.78. The van der Waals surface area contributed by atoms with Gasteiger partial charge in [0.2, 0.25) is 5.78 Å². The molecule has 0 amide bonds. The molecule has 108 valence electrons. The number of Topliss-reactive ketones (excluding diaryl/α,β-unsaturated/α-hetero) is 1. The van der Waals surface area contributed by atoms with E-state index in [1.165, 1.54) is 24.3 Å². The van der Waals surface area contributed by atoms with Gasteiger partial charge in [-0.1, -0.05) is 0 Å². The molecule has 4 rings (SSSR count). The molecule has 1 aliphatic rings. The van der Waals surface area contributed by atoms with Crippen molar-refractivity contribution < 1.29 is 18.7 Å². The summed E-state index contributed by atoms with van der Waals surface area (Å²) >= 11 is 0. The average Bonchev–Trinajstić information content (AvgIpc) is 2.98. The zero-order valence-electron chi connectivity index (χ0n) is 11.0. The molecule has 0 radical (unpaired) electrons. The number of hydrogen-bond acceptors (Lipinski definition) is 3. The van der Waals surface area contributed by atoms with Gasteiger partial charge >= 0.3 is 0 Å². The van der Waals surface area contributed by atoms with Crippen molar-refractivity contribution in [2.24, 2.45) is 4.99 Å². The SMILES string of the molecule is O=C1C(c2[nH]c3ccc(F)cc3c2O)=Nc2ccc(F)cc21. The van der Waals surface area contributed by atoms with E-state index >= 15 is 0 Å². The predicted octanol–water partition coefficient (Wildman–Crippen LogP) is 3.47. The second kappa shape index (κ2) is 4.24. The second-order valence-electron chi connectivity index (χ2n) is 4.99. The van der Waals surface area contributed by atoms with E-state index in [-0.39, 0.29) is 28.1 Å². The number of hydrogen-bond donors (Lipinski definition) is 2. The Morgan fingerprint density at radius 3 is 2.59 bits per heavy atom. The lowest BCUT2D eigenvalue weighted by molar-refractivity contribution is 0.106. The highest BCUT2D eigenvalue weighted by molar-refractivity contribution is 6.55. The highest BCUT2D eigenvalue weighted by Gasteiger charge is 2.30. The third-order valence-corrected chi connectivity index (χ3v) is 3.62. The first-order valence-electron chi connectivity index (χ1n) is 6.48. The van der Waals surface area contributed by atoms with Crippen LogP contribution in [-0.2, 0) is 0 Å². The molecule has 2 heterocycles. The third-order valence-electron chi connectivity index (χ3n) is 3.62. The zero-order valence-corrected chi connectivity index (χ0v) is 11.0. The number of aromatic hydroxyl groups is 1. The topological polar surface area (TPSA) is 65.5 Å². The van der Waals surface area contributed by atoms with Crippen molar-refractivity contribution in [3.8, 4) is 5.75 Å². The summed E-state index contributed by atoms with van der Waals surface area (Å²) in [7, 11) is 0.